The SMILES string of the molecule is c1ccc(-c2ccc(-n3c4ccccc4c4cc5c6ccccc6n(-c6nc(-c7ccccc7)nc(-c7cccc(-c8nc(-c9ccccc9)nc(-c9ccccc9)n8)c7)n6)c5cc43)cc2)cc1. The molecule has 0 unspecified atom stereocenters. The van der Waals surface area contributed by atoms with E-state index in [4.69, 9.17) is 29.9 Å². The fourth-order valence-corrected chi connectivity index (χ4v) is 9.40. The molecule has 0 atom stereocenters. The predicted octanol–water partition coefficient (Wildman–Crippen LogP) is 14.3. The molecule has 13 rings (SSSR count). The molecule has 0 fully saturated rings. The predicted molar refractivity (Wildman–Crippen MR) is 275 cm³/mol. The van der Waals surface area contributed by atoms with Crippen molar-refractivity contribution in [2.24, 2.45) is 0 Å². The van der Waals surface area contributed by atoms with Gasteiger partial charge in [0.05, 0.1) is 22.1 Å². The first-order valence-corrected chi connectivity index (χ1v) is 22.6. The molecule has 318 valence electrons. The highest BCUT2D eigenvalue weighted by Crippen LogP contribution is 2.40. The van der Waals surface area contributed by atoms with Gasteiger partial charge in [-0.05, 0) is 53.6 Å². The molecule has 0 aliphatic heterocycles. The van der Waals surface area contributed by atoms with E-state index in [1.807, 2.05) is 109 Å². The third-order valence-corrected chi connectivity index (χ3v) is 12.6. The quantitative estimate of drug-likeness (QED) is 0.151. The number of benzene rings is 9. The van der Waals surface area contributed by atoms with E-state index in [9.17, 15) is 0 Å². The van der Waals surface area contributed by atoms with E-state index >= 15 is 0 Å². The Morgan fingerprint density at radius 1 is 0.221 bits per heavy atom. The highest BCUT2D eigenvalue weighted by atomic mass is 15.2. The number of para-hydroxylation sites is 2. The van der Waals surface area contributed by atoms with Gasteiger partial charge in [-0.1, -0.05) is 188 Å². The van der Waals surface area contributed by atoms with Crippen LogP contribution in [0.15, 0.2) is 231 Å². The van der Waals surface area contributed by atoms with Gasteiger partial charge in [0.1, 0.15) is 0 Å². The molecule has 68 heavy (non-hydrogen) atoms. The standard InChI is InChI=1S/C60H38N8/c1-5-18-39(19-6-1)40-32-34-46(35-33-40)67-51-30-15-13-28-47(51)49-37-50-48-29-14-16-31-52(48)68(54(50)38-53(49)67)60-65-57(43-24-11-4-12-25-43)64-59(66-60)45-27-17-26-44(36-45)58-62-55(41-20-7-2-8-21-41)61-56(63-58)42-22-9-3-10-23-42/h1-38H. The first-order valence-electron chi connectivity index (χ1n) is 22.6. The van der Waals surface area contributed by atoms with Crippen molar-refractivity contribution in [1.29, 1.82) is 0 Å². The Hall–Kier alpha value is -9.40. The zero-order valence-corrected chi connectivity index (χ0v) is 36.5. The maximum atomic E-state index is 5.36. The van der Waals surface area contributed by atoms with Crippen LogP contribution in [0.1, 0.15) is 0 Å². The molecule has 0 aliphatic carbocycles. The van der Waals surface area contributed by atoms with Gasteiger partial charge in [0.2, 0.25) is 5.95 Å². The summed E-state index contributed by atoms with van der Waals surface area (Å²) in [6.07, 6.45) is 0. The molecule has 4 aromatic heterocycles. The van der Waals surface area contributed by atoms with Gasteiger partial charge in [-0.15, -0.1) is 0 Å². The minimum absolute atomic E-state index is 0.512. The highest BCUT2D eigenvalue weighted by Gasteiger charge is 2.22. The summed E-state index contributed by atoms with van der Waals surface area (Å²) >= 11 is 0. The fraction of sp³-hybridized carbons (Fsp3) is 0. The normalized spacial score (nSPS) is 11.5. The first-order chi connectivity index (χ1) is 33.7. The van der Waals surface area contributed by atoms with Crippen LogP contribution in [-0.4, -0.2) is 39.0 Å². The van der Waals surface area contributed by atoms with Crippen LogP contribution in [0.4, 0.5) is 0 Å². The lowest BCUT2D eigenvalue weighted by Gasteiger charge is -2.12. The molecule has 0 saturated heterocycles. The van der Waals surface area contributed by atoms with Crippen molar-refractivity contribution in [3.8, 4) is 79.7 Å². The van der Waals surface area contributed by atoms with Gasteiger partial charge >= 0.3 is 0 Å². The number of hydrogen-bond donors (Lipinski definition) is 0. The maximum Gasteiger partial charge on any atom is 0.238 e. The van der Waals surface area contributed by atoms with Crippen LogP contribution in [0.5, 0.6) is 0 Å². The first kappa shape index (κ1) is 39.0. The zero-order valence-electron chi connectivity index (χ0n) is 36.5. The summed E-state index contributed by atoms with van der Waals surface area (Å²) in [4.78, 5) is 30.8. The fourth-order valence-electron chi connectivity index (χ4n) is 9.40. The summed E-state index contributed by atoms with van der Waals surface area (Å²) < 4.78 is 4.56. The lowest BCUT2D eigenvalue weighted by atomic mass is 10.1. The summed E-state index contributed by atoms with van der Waals surface area (Å²) in [5.41, 5.74) is 11.9. The van der Waals surface area contributed by atoms with Gasteiger partial charge in [0.25, 0.3) is 0 Å². The molecule has 0 N–H and O–H groups in total. The highest BCUT2D eigenvalue weighted by molar-refractivity contribution is 6.19. The van der Waals surface area contributed by atoms with E-state index in [1.54, 1.807) is 0 Å². The lowest BCUT2D eigenvalue weighted by Crippen LogP contribution is -2.06. The van der Waals surface area contributed by atoms with E-state index in [1.165, 1.54) is 21.9 Å². The molecule has 4 heterocycles. The van der Waals surface area contributed by atoms with Crippen LogP contribution in [0.3, 0.4) is 0 Å². The Labute approximate surface area is 391 Å². The van der Waals surface area contributed by atoms with Gasteiger partial charge in [0, 0.05) is 55.0 Å². The molecule has 0 saturated carbocycles. The Morgan fingerprint density at radius 3 is 1.10 bits per heavy atom. The second kappa shape index (κ2) is 16.2. The van der Waals surface area contributed by atoms with Crippen LogP contribution in [0, 0.1) is 0 Å². The van der Waals surface area contributed by atoms with E-state index in [0.29, 0.717) is 35.1 Å². The average Bonchev–Trinajstić information content (AvgIpc) is 3.93. The lowest BCUT2D eigenvalue weighted by molar-refractivity contribution is 0.953. The molecule has 9 aromatic carbocycles. The Balaban J connectivity index is 1.01. The third-order valence-electron chi connectivity index (χ3n) is 12.6. The van der Waals surface area contributed by atoms with E-state index in [2.05, 4.69) is 130 Å². The topological polar surface area (TPSA) is 87.2 Å². The van der Waals surface area contributed by atoms with Crippen molar-refractivity contribution < 1.29 is 0 Å². The summed E-state index contributed by atoms with van der Waals surface area (Å²) in [6, 6.07) is 79.4. The van der Waals surface area contributed by atoms with Crippen LogP contribution < -0.4 is 0 Å². The van der Waals surface area contributed by atoms with Gasteiger partial charge in [0.15, 0.2) is 29.1 Å². The Morgan fingerprint density at radius 2 is 0.588 bits per heavy atom. The number of fused-ring (bicyclic) bond motifs is 6. The summed E-state index contributed by atoms with van der Waals surface area (Å²) in [6.45, 7) is 0. The Bertz CT molecular complexity index is 3940. The van der Waals surface area contributed by atoms with E-state index in [0.717, 1.165) is 66.3 Å². The van der Waals surface area contributed by atoms with Gasteiger partial charge in [-0.2, -0.15) is 9.97 Å². The molecule has 8 nitrogen and oxygen atoms in total. The molecule has 0 aliphatic rings. The monoisotopic (exact) mass is 870 g/mol. The van der Waals surface area contributed by atoms with Gasteiger partial charge in [-0.25, -0.2) is 19.9 Å². The molecular weight excluding hydrogens is 833 g/mol. The van der Waals surface area contributed by atoms with Crippen molar-refractivity contribution >= 4 is 43.6 Å². The van der Waals surface area contributed by atoms with Crippen LogP contribution in [0.2, 0.25) is 0 Å². The number of rotatable bonds is 8. The number of hydrogen-bond acceptors (Lipinski definition) is 6. The Kier molecular flexibility index (Phi) is 9.31. The van der Waals surface area contributed by atoms with Crippen molar-refractivity contribution in [3.05, 3.63) is 231 Å². The summed E-state index contributed by atoms with van der Waals surface area (Å²) in [5.74, 6) is 3.34. The summed E-state index contributed by atoms with van der Waals surface area (Å²) in [7, 11) is 0. The number of nitrogens with zero attached hydrogens (tertiary/aromatic N) is 8. The van der Waals surface area contributed by atoms with E-state index < -0.39 is 0 Å². The largest absolute Gasteiger partial charge is 0.309 e. The molecule has 0 radical (unpaired) electrons. The second-order valence-corrected chi connectivity index (χ2v) is 16.8. The third kappa shape index (κ3) is 6.78. The number of aromatic nitrogens is 8. The van der Waals surface area contributed by atoms with Gasteiger partial charge < -0.3 is 4.57 Å². The minimum Gasteiger partial charge on any atom is -0.309 e. The van der Waals surface area contributed by atoms with Crippen LogP contribution >= 0.6 is 0 Å². The maximum absolute atomic E-state index is 5.36. The molecule has 0 bridgehead atoms. The second-order valence-electron chi connectivity index (χ2n) is 16.8. The van der Waals surface area contributed by atoms with Crippen molar-refractivity contribution in [2.75, 3.05) is 0 Å². The molecular formula is C60H38N8. The molecule has 13 aromatic rings. The van der Waals surface area contributed by atoms with Crippen LogP contribution in [0.25, 0.3) is 123 Å². The molecule has 0 amide bonds. The zero-order chi connectivity index (χ0) is 45.0. The van der Waals surface area contributed by atoms with Gasteiger partial charge in [-0.3, -0.25) is 4.57 Å². The summed E-state index contributed by atoms with van der Waals surface area (Å²) in [5, 5.41) is 4.58. The molecule has 8 heteroatoms. The minimum atomic E-state index is 0.512. The van der Waals surface area contributed by atoms with Crippen LogP contribution in [-0.2, 0) is 0 Å². The average molecular weight is 871 g/mol. The van der Waals surface area contributed by atoms with Crippen molar-refractivity contribution in [2.45, 2.75) is 0 Å². The van der Waals surface area contributed by atoms with Crippen molar-refractivity contribution in [3.63, 3.8) is 0 Å². The van der Waals surface area contributed by atoms with Crippen molar-refractivity contribution in [1.82, 2.24) is 39.0 Å². The smallest absolute Gasteiger partial charge is 0.238 e. The molecule has 0 spiro atoms. The van der Waals surface area contributed by atoms with E-state index in [-0.39, 0.29) is 0 Å².